The molecule has 70 valence electrons. The summed E-state index contributed by atoms with van der Waals surface area (Å²) < 4.78 is 0. The first-order valence-corrected chi connectivity index (χ1v) is 4.96. The largest absolute Gasteiger partial charge is 0.330 e. The quantitative estimate of drug-likeness (QED) is 0.760. The van der Waals surface area contributed by atoms with Crippen LogP contribution in [0.1, 0.15) is 31.0 Å². The van der Waals surface area contributed by atoms with Gasteiger partial charge < -0.3 is 5.73 Å². The Bertz CT molecular complexity index is 303. The standard InChI is InChI=1S/C11H16N2/c1-2-9-3-6-13-10(7-9)11(8-12)4-5-11/h3,6-7H,2,4-5,8,12H2,1H3. The number of hydrogen-bond donors (Lipinski definition) is 1. The molecule has 1 heterocycles. The number of nitrogens with two attached hydrogens (primary N) is 1. The highest BCUT2D eigenvalue weighted by Crippen LogP contribution is 2.46. The molecule has 2 heteroatoms. The van der Waals surface area contributed by atoms with Crippen molar-refractivity contribution >= 4 is 0 Å². The minimum atomic E-state index is 0.241. The summed E-state index contributed by atoms with van der Waals surface area (Å²) in [5, 5.41) is 0. The van der Waals surface area contributed by atoms with Crippen LogP contribution >= 0.6 is 0 Å². The Morgan fingerprint density at radius 1 is 1.54 bits per heavy atom. The van der Waals surface area contributed by atoms with Crippen molar-refractivity contribution < 1.29 is 0 Å². The predicted molar refractivity (Wildman–Crippen MR) is 53.6 cm³/mol. The fourth-order valence-corrected chi connectivity index (χ4v) is 1.70. The number of rotatable bonds is 3. The van der Waals surface area contributed by atoms with Crippen LogP contribution in [0.15, 0.2) is 18.3 Å². The Hall–Kier alpha value is -0.890. The van der Waals surface area contributed by atoms with Gasteiger partial charge in [0.25, 0.3) is 0 Å². The summed E-state index contributed by atoms with van der Waals surface area (Å²) in [5.41, 5.74) is 8.56. The smallest absolute Gasteiger partial charge is 0.0480 e. The summed E-state index contributed by atoms with van der Waals surface area (Å²) in [6.45, 7) is 2.91. The highest BCUT2D eigenvalue weighted by molar-refractivity contribution is 5.28. The van der Waals surface area contributed by atoms with Crippen LogP contribution in [-0.4, -0.2) is 11.5 Å². The average molecular weight is 176 g/mol. The zero-order valence-electron chi connectivity index (χ0n) is 8.09. The normalized spacial score (nSPS) is 18.6. The van der Waals surface area contributed by atoms with Gasteiger partial charge in [0.05, 0.1) is 0 Å². The summed E-state index contributed by atoms with van der Waals surface area (Å²) in [6, 6.07) is 4.29. The molecule has 1 aliphatic carbocycles. The van der Waals surface area contributed by atoms with Crippen LogP contribution in [0.2, 0.25) is 0 Å². The molecule has 0 bridgehead atoms. The minimum absolute atomic E-state index is 0.241. The maximum Gasteiger partial charge on any atom is 0.0480 e. The highest BCUT2D eigenvalue weighted by atomic mass is 14.8. The van der Waals surface area contributed by atoms with Gasteiger partial charge in [-0.3, -0.25) is 4.98 Å². The van der Waals surface area contributed by atoms with E-state index >= 15 is 0 Å². The zero-order valence-corrected chi connectivity index (χ0v) is 8.09. The Morgan fingerprint density at radius 2 is 2.31 bits per heavy atom. The molecule has 2 nitrogen and oxygen atoms in total. The third-order valence-corrected chi connectivity index (χ3v) is 3.02. The van der Waals surface area contributed by atoms with E-state index in [0.29, 0.717) is 0 Å². The third-order valence-electron chi connectivity index (χ3n) is 3.02. The topological polar surface area (TPSA) is 38.9 Å². The van der Waals surface area contributed by atoms with Gasteiger partial charge in [-0.1, -0.05) is 6.92 Å². The molecular weight excluding hydrogens is 160 g/mol. The lowest BCUT2D eigenvalue weighted by molar-refractivity contribution is 0.676. The third kappa shape index (κ3) is 1.46. The highest BCUT2D eigenvalue weighted by Gasteiger charge is 2.44. The van der Waals surface area contributed by atoms with Gasteiger partial charge >= 0.3 is 0 Å². The van der Waals surface area contributed by atoms with E-state index in [2.05, 4.69) is 24.0 Å². The summed E-state index contributed by atoms with van der Waals surface area (Å²) >= 11 is 0. The van der Waals surface area contributed by atoms with E-state index in [1.54, 1.807) is 0 Å². The lowest BCUT2D eigenvalue weighted by Gasteiger charge is -2.11. The molecule has 1 aromatic rings. The van der Waals surface area contributed by atoms with Gasteiger partial charge in [-0.2, -0.15) is 0 Å². The van der Waals surface area contributed by atoms with Crippen LogP contribution in [0, 0.1) is 0 Å². The molecule has 0 unspecified atom stereocenters. The molecule has 0 aromatic carbocycles. The van der Waals surface area contributed by atoms with Gasteiger partial charge in [0, 0.05) is 23.9 Å². The van der Waals surface area contributed by atoms with Crippen molar-refractivity contribution in [3.8, 4) is 0 Å². The summed E-state index contributed by atoms with van der Waals surface area (Å²) in [4.78, 5) is 4.41. The maximum atomic E-state index is 5.75. The van der Waals surface area contributed by atoms with Crippen molar-refractivity contribution in [2.45, 2.75) is 31.6 Å². The Labute approximate surface area is 79.2 Å². The van der Waals surface area contributed by atoms with Crippen molar-refractivity contribution in [2.24, 2.45) is 5.73 Å². The van der Waals surface area contributed by atoms with Crippen molar-refractivity contribution in [1.29, 1.82) is 0 Å². The lowest BCUT2D eigenvalue weighted by atomic mass is 10.00. The molecule has 0 aliphatic heterocycles. The van der Waals surface area contributed by atoms with E-state index in [1.807, 2.05) is 6.20 Å². The summed E-state index contributed by atoms with van der Waals surface area (Å²) in [6.07, 6.45) is 5.41. The van der Waals surface area contributed by atoms with Crippen molar-refractivity contribution in [3.63, 3.8) is 0 Å². The summed E-state index contributed by atoms with van der Waals surface area (Å²) in [5.74, 6) is 0. The number of aryl methyl sites for hydroxylation is 1. The second-order valence-electron chi connectivity index (χ2n) is 3.89. The number of pyridine rings is 1. The number of aromatic nitrogens is 1. The van der Waals surface area contributed by atoms with E-state index in [4.69, 9.17) is 5.73 Å². The Kier molecular flexibility index (Phi) is 2.08. The van der Waals surface area contributed by atoms with E-state index in [-0.39, 0.29) is 5.41 Å². The SMILES string of the molecule is CCc1ccnc(C2(CN)CC2)c1. The fourth-order valence-electron chi connectivity index (χ4n) is 1.70. The zero-order chi connectivity index (χ0) is 9.31. The van der Waals surface area contributed by atoms with E-state index in [9.17, 15) is 0 Å². The Morgan fingerprint density at radius 3 is 2.85 bits per heavy atom. The van der Waals surface area contributed by atoms with Crippen LogP contribution in [-0.2, 0) is 11.8 Å². The molecule has 0 saturated heterocycles. The van der Waals surface area contributed by atoms with E-state index in [1.165, 1.54) is 24.1 Å². The van der Waals surface area contributed by atoms with Crippen LogP contribution < -0.4 is 5.73 Å². The van der Waals surface area contributed by atoms with Gasteiger partial charge in [-0.15, -0.1) is 0 Å². The summed E-state index contributed by atoms with van der Waals surface area (Å²) in [7, 11) is 0. The van der Waals surface area contributed by atoms with Crippen LogP contribution in [0.4, 0.5) is 0 Å². The van der Waals surface area contributed by atoms with E-state index in [0.717, 1.165) is 13.0 Å². The van der Waals surface area contributed by atoms with Crippen molar-refractivity contribution in [3.05, 3.63) is 29.6 Å². The maximum absolute atomic E-state index is 5.75. The molecule has 2 rings (SSSR count). The molecule has 1 fully saturated rings. The van der Waals surface area contributed by atoms with Crippen molar-refractivity contribution in [1.82, 2.24) is 4.98 Å². The first kappa shape index (κ1) is 8.70. The minimum Gasteiger partial charge on any atom is -0.330 e. The second-order valence-corrected chi connectivity index (χ2v) is 3.89. The fraction of sp³-hybridized carbons (Fsp3) is 0.545. The molecule has 1 aromatic heterocycles. The number of hydrogen-bond acceptors (Lipinski definition) is 2. The van der Waals surface area contributed by atoms with Gasteiger partial charge in [-0.25, -0.2) is 0 Å². The molecule has 1 saturated carbocycles. The predicted octanol–water partition coefficient (Wildman–Crippen LogP) is 1.63. The van der Waals surface area contributed by atoms with Gasteiger partial charge in [0.2, 0.25) is 0 Å². The molecule has 13 heavy (non-hydrogen) atoms. The molecule has 2 N–H and O–H groups in total. The van der Waals surface area contributed by atoms with Crippen LogP contribution in [0.25, 0.3) is 0 Å². The van der Waals surface area contributed by atoms with E-state index < -0.39 is 0 Å². The van der Waals surface area contributed by atoms with Crippen LogP contribution in [0.3, 0.4) is 0 Å². The number of nitrogens with zero attached hydrogens (tertiary/aromatic N) is 1. The van der Waals surface area contributed by atoms with Gasteiger partial charge in [0.1, 0.15) is 0 Å². The molecule has 0 amide bonds. The first-order chi connectivity index (χ1) is 6.30. The van der Waals surface area contributed by atoms with Gasteiger partial charge in [0.15, 0.2) is 0 Å². The Balaban J connectivity index is 2.30. The molecule has 0 atom stereocenters. The lowest BCUT2D eigenvalue weighted by Crippen LogP contribution is -2.21. The average Bonchev–Trinajstić information content (AvgIpc) is 2.99. The van der Waals surface area contributed by atoms with Crippen molar-refractivity contribution in [2.75, 3.05) is 6.54 Å². The monoisotopic (exact) mass is 176 g/mol. The van der Waals surface area contributed by atoms with Crippen LogP contribution in [0.5, 0.6) is 0 Å². The molecule has 1 aliphatic rings. The molecule has 0 radical (unpaired) electrons. The van der Waals surface area contributed by atoms with Gasteiger partial charge in [-0.05, 0) is 37.0 Å². The molecule has 0 spiro atoms. The second kappa shape index (κ2) is 3.11. The first-order valence-electron chi connectivity index (χ1n) is 4.96. The molecular formula is C11H16N2.